The molecule has 0 saturated carbocycles. The third-order valence-electron chi connectivity index (χ3n) is 1.72. The summed E-state index contributed by atoms with van der Waals surface area (Å²) in [5.41, 5.74) is 0.423. The first kappa shape index (κ1) is 10.2. The number of methoxy groups -OCH3 is 1. The van der Waals surface area contributed by atoms with E-state index >= 15 is 0 Å². The first-order valence-corrected chi connectivity index (χ1v) is 3.92. The van der Waals surface area contributed by atoms with Crippen molar-refractivity contribution in [2.75, 3.05) is 7.11 Å². The molecule has 0 fully saturated rings. The predicted octanol–water partition coefficient (Wildman–Crippen LogP) is 1.68. The molecule has 0 unspecified atom stereocenters. The van der Waals surface area contributed by atoms with E-state index in [1.54, 1.807) is 0 Å². The monoisotopic (exact) mass is 193 g/mol. The fourth-order valence-corrected chi connectivity index (χ4v) is 1.04. The molecule has 1 aromatic rings. The van der Waals surface area contributed by atoms with Gasteiger partial charge in [-0.05, 0) is 17.7 Å². The normalized spacial score (nSPS) is 9.21. The highest BCUT2D eigenvalue weighted by molar-refractivity contribution is 5.89. The van der Waals surface area contributed by atoms with Crippen molar-refractivity contribution in [1.29, 1.82) is 5.26 Å². The summed E-state index contributed by atoms with van der Waals surface area (Å²) >= 11 is 0. The van der Waals surface area contributed by atoms with Gasteiger partial charge in [-0.25, -0.2) is 9.18 Å². The Morgan fingerprint density at radius 1 is 1.64 bits per heavy atom. The summed E-state index contributed by atoms with van der Waals surface area (Å²) in [6.07, 6.45) is 0.123. The molecule has 4 heteroatoms. The highest BCUT2D eigenvalue weighted by atomic mass is 19.1. The van der Waals surface area contributed by atoms with Crippen LogP contribution in [-0.2, 0) is 11.2 Å². The number of halogens is 1. The van der Waals surface area contributed by atoms with Gasteiger partial charge in [0.2, 0.25) is 0 Å². The van der Waals surface area contributed by atoms with Crippen LogP contribution >= 0.6 is 0 Å². The molecule has 1 rings (SSSR count). The number of rotatable bonds is 2. The minimum absolute atomic E-state index is 0.116. The third-order valence-corrected chi connectivity index (χ3v) is 1.72. The summed E-state index contributed by atoms with van der Waals surface area (Å²) in [7, 11) is 1.19. The van der Waals surface area contributed by atoms with Gasteiger partial charge >= 0.3 is 5.97 Å². The van der Waals surface area contributed by atoms with Crippen molar-refractivity contribution < 1.29 is 13.9 Å². The van der Waals surface area contributed by atoms with E-state index in [4.69, 9.17) is 5.26 Å². The Morgan fingerprint density at radius 2 is 2.36 bits per heavy atom. The molecule has 0 aliphatic rings. The Kier molecular flexibility index (Phi) is 3.19. The molecular weight excluding hydrogens is 185 g/mol. The predicted molar refractivity (Wildman–Crippen MR) is 47.1 cm³/mol. The molecule has 0 atom stereocenters. The molecular formula is C10H8FNO2. The number of nitriles is 1. The van der Waals surface area contributed by atoms with Crippen molar-refractivity contribution in [2.45, 2.75) is 6.42 Å². The van der Waals surface area contributed by atoms with E-state index in [0.717, 1.165) is 6.07 Å². The molecule has 0 aliphatic heterocycles. The lowest BCUT2D eigenvalue weighted by atomic mass is 10.1. The van der Waals surface area contributed by atoms with Crippen LogP contribution in [0, 0.1) is 17.1 Å². The molecule has 3 nitrogen and oxygen atoms in total. The molecule has 0 aliphatic carbocycles. The van der Waals surface area contributed by atoms with Gasteiger partial charge in [0.25, 0.3) is 0 Å². The molecule has 0 N–H and O–H groups in total. The van der Waals surface area contributed by atoms with Crippen molar-refractivity contribution in [2.24, 2.45) is 0 Å². The zero-order chi connectivity index (χ0) is 10.6. The first-order chi connectivity index (χ1) is 6.69. The highest BCUT2D eigenvalue weighted by Crippen LogP contribution is 2.11. The van der Waals surface area contributed by atoms with Crippen molar-refractivity contribution in [3.8, 4) is 6.07 Å². The van der Waals surface area contributed by atoms with Crippen LogP contribution in [0.5, 0.6) is 0 Å². The largest absolute Gasteiger partial charge is 0.465 e. The van der Waals surface area contributed by atoms with Crippen molar-refractivity contribution in [3.05, 3.63) is 35.1 Å². The Morgan fingerprint density at radius 3 is 2.86 bits per heavy atom. The first-order valence-electron chi connectivity index (χ1n) is 3.92. The SMILES string of the molecule is COC(=O)c1ccc(CC#N)cc1F. The van der Waals surface area contributed by atoms with Crippen LogP contribution in [0.15, 0.2) is 18.2 Å². The average Bonchev–Trinajstić information content (AvgIpc) is 2.17. The van der Waals surface area contributed by atoms with Gasteiger partial charge in [0.15, 0.2) is 0 Å². The van der Waals surface area contributed by atoms with Gasteiger partial charge in [-0.15, -0.1) is 0 Å². The molecule has 0 radical (unpaired) electrons. The van der Waals surface area contributed by atoms with E-state index < -0.39 is 11.8 Å². The van der Waals surface area contributed by atoms with E-state index in [9.17, 15) is 9.18 Å². The van der Waals surface area contributed by atoms with Crippen molar-refractivity contribution in [3.63, 3.8) is 0 Å². The number of benzene rings is 1. The van der Waals surface area contributed by atoms with Gasteiger partial charge in [0.1, 0.15) is 5.82 Å². The van der Waals surface area contributed by atoms with Crippen LogP contribution in [0.2, 0.25) is 0 Å². The van der Waals surface area contributed by atoms with Crippen LogP contribution < -0.4 is 0 Å². The number of nitrogens with zero attached hydrogens (tertiary/aromatic N) is 1. The number of hydrogen-bond acceptors (Lipinski definition) is 3. The van der Waals surface area contributed by atoms with Crippen molar-refractivity contribution >= 4 is 5.97 Å². The number of carbonyl (C=O) groups is 1. The molecule has 0 heterocycles. The zero-order valence-corrected chi connectivity index (χ0v) is 7.58. The van der Waals surface area contributed by atoms with E-state index in [1.165, 1.54) is 19.2 Å². The van der Waals surface area contributed by atoms with Gasteiger partial charge in [0.05, 0.1) is 25.2 Å². The standard InChI is InChI=1S/C10H8FNO2/c1-14-10(13)8-3-2-7(4-5-12)6-9(8)11/h2-3,6H,4H2,1H3. The Balaban J connectivity index is 3.02. The number of carbonyl (C=O) groups excluding carboxylic acids is 1. The fourth-order valence-electron chi connectivity index (χ4n) is 1.04. The van der Waals surface area contributed by atoms with Crippen LogP contribution in [0.25, 0.3) is 0 Å². The highest BCUT2D eigenvalue weighted by Gasteiger charge is 2.11. The van der Waals surface area contributed by atoms with Gasteiger partial charge in [-0.3, -0.25) is 0 Å². The smallest absolute Gasteiger partial charge is 0.340 e. The second kappa shape index (κ2) is 4.38. The summed E-state index contributed by atoms with van der Waals surface area (Å²) in [5, 5.41) is 8.37. The second-order valence-electron chi connectivity index (χ2n) is 2.64. The maximum Gasteiger partial charge on any atom is 0.340 e. The number of ether oxygens (including phenoxy) is 1. The van der Waals surface area contributed by atoms with Crippen molar-refractivity contribution in [1.82, 2.24) is 0 Å². The Labute approximate surface area is 80.7 Å². The molecule has 0 saturated heterocycles. The molecule has 0 amide bonds. The van der Waals surface area contributed by atoms with Crippen LogP contribution in [0.4, 0.5) is 4.39 Å². The van der Waals surface area contributed by atoms with Crippen LogP contribution in [0.3, 0.4) is 0 Å². The summed E-state index contributed by atoms with van der Waals surface area (Å²) in [6.45, 7) is 0. The summed E-state index contributed by atoms with van der Waals surface area (Å²) in [6, 6.07) is 5.89. The summed E-state index contributed by atoms with van der Waals surface area (Å²) in [5.74, 6) is -1.38. The number of esters is 1. The fraction of sp³-hybridized carbons (Fsp3) is 0.200. The Bertz CT molecular complexity index is 396. The molecule has 0 aromatic heterocycles. The topological polar surface area (TPSA) is 50.1 Å². The lowest BCUT2D eigenvalue weighted by Gasteiger charge is -2.01. The molecule has 0 bridgehead atoms. The van der Waals surface area contributed by atoms with Gasteiger partial charge in [-0.1, -0.05) is 6.07 Å². The van der Waals surface area contributed by atoms with E-state index in [2.05, 4.69) is 4.74 Å². The maximum atomic E-state index is 13.2. The van der Waals surface area contributed by atoms with Gasteiger partial charge in [-0.2, -0.15) is 5.26 Å². The van der Waals surface area contributed by atoms with E-state index in [1.807, 2.05) is 6.07 Å². The lowest BCUT2D eigenvalue weighted by molar-refractivity contribution is 0.0595. The molecule has 72 valence electrons. The van der Waals surface area contributed by atoms with Gasteiger partial charge < -0.3 is 4.74 Å². The van der Waals surface area contributed by atoms with Gasteiger partial charge in [0, 0.05) is 0 Å². The molecule has 14 heavy (non-hydrogen) atoms. The quantitative estimate of drug-likeness (QED) is 0.671. The Hall–Kier alpha value is -1.89. The molecule has 0 spiro atoms. The third kappa shape index (κ3) is 2.07. The maximum absolute atomic E-state index is 13.2. The van der Waals surface area contributed by atoms with Crippen LogP contribution in [0.1, 0.15) is 15.9 Å². The average molecular weight is 193 g/mol. The minimum atomic E-state index is -0.717. The molecule has 1 aromatic carbocycles. The zero-order valence-electron chi connectivity index (χ0n) is 7.58. The van der Waals surface area contributed by atoms with E-state index in [0.29, 0.717) is 5.56 Å². The van der Waals surface area contributed by atoms with Crippen LogP contribution in [-0.4, -0.2) is 13.1 Å². The lowest BCUT2D eigenvalue weighted by Crippen LogP contribution is -2.04. The second-order valence-corrected chi connectivity index (χ2v) is 2.64. The number of hydrogen-bond donors (Lipinski definition) is 0. The van der Waals surface area contributed by atoms with E-state index in [-0.39, 0.29) is 12.0 Å². The summed E-state index contributed by atoms with van der Waals surface area (Å²) in [4.78, 5) is 11.0. The minimum Gasteiger partial charge on any atom is -0.465 e. The summed E-state index contributed by atoms with van der Waals surface area (Å²) < 4.78 is 17.6.